The summed E-state index contributed by atoms with van der Waals surface area (Å²) in [6, 6.07) is 0.408. The Bertz CT molecular complexity index is 252. The van der Waals surface area contributed by atoms with Gasteiger partial charge >= 0.3 is 0 Å². The minimum Gasteiger partial charge on any atom is -0.370 e. The van der Waals surface area contributed by atoms with Crippen LogP contribution in [0.2, 0.25) is 0 Å². The van der Waals surface area contributed by atoms with Crippen LogP contribution in [0.15, 0.2) is 4.99 Å². The van der Waals surface area contributed by atoms with Crippen molar-refractivity contribution in [3.8, 4) is 0 Å². The van der Waals surface area contributed by atoms with E-state index in [2.05, 4.69) is 36.0 Å². The predicted octanol–water partition coefficient (Wildman–Crippen LogP) is 2.43. The number of aliphatic imine (C=N–C) groups is 1. The third-order valence-electron chi connectivity index (χ3n) is 3.60. The van der Waals surface area contributed by atoms with Gasteiger partial charge in [-0.15, -0.1) is 24.0 Å². The summed E-state index contributed by atoms with van der Waals surface area (Å²) in [5.74, 6) is 1.18. The van der Waals surface area contributed by atoms with E-state index in [0.717, 1.165) is 19.5 Å². The van der Waals surface area contributed by atoms with E-state index in [1.165, 1.54) is 32.4 Å². The number of nitrogens with zero attached hydrogens (tertiary/aromatic N) is 2. The number of rotatable bonds is 6. The van der Waals surface area contributed by atoms with Gasteiger partial charge in [0.1, 0.15) is 0 Å². The highest BCUT2D eigenvalue weighted by molar-refractivity contribution is 14.0. The first-order valence-corrected chi connectivity index (χ1v) is 7.40. The molecule has 1 fully saturated rings. The van der Waals surface area contributed by atoms with Crippen molar-refractivity contribution < 1.29 is 0 Å². The monoisotopic (exact) mass is 382 g/mol. The molecule has 0 aromatic rings. The van der Waals surface area contributed by atoms with Crippen molar-refractivity contribution in [2.45, 2.75) is 52.5 Å². The molecule has 114 valence electrons. The van der Waals surface area contributed by atoms with Crippen LogP contribution in [-0.2, 0) is 0 Å². The van der Waals surface area contributed by atoms with E-state index >= 15 is 0 Å². The Labute approximate surface area is 135 Å². The number of likely N-dealkylation sites (tertiary alicyclic amines) is 1. The molecule has 1 saturated heterocycles. The topological polar surface area (TPSA) is 53.6 Å². The van der Waals surface area contributed by atoms with Crippen LogP contribution < -0.4 is 11.1 Å². The van der Waals surface area contributed by atoms with Crippen molar-refractivity contribution in [3.63, 3.8) is 0 Å². The van der Waals surface area contributed by atoms with Crippen LogP contribution in [0, 0.1) is 5.92 Å². The van der Waals surface area contributed by atoms with Gasteiger partial charge in [-0.25, -0.2) is 0 Å². The molecule has 0 radical (unpaired) electrons. The molecule has 0 aromatic heterocycles. The number of hydrogen-bond acceptors (Lipinski definition) is 2. The molecular formula is C14H31IN4. The van der Waals surface area contributed by atoms with Crippen LogP contribution in [0.1, 0.15) is 46.5 Å². The summed E-state index contributed by atoms with van der Waals surface area (Å²) in [7, 11) is 0. The number of piperidine rings is 1. The summed E-state index contributed by atoms with van der Waals surface area (Å²) in [5.41, 5.74) is 5.86. The smallest absolute Gasteiger partial charge is 0.188 e. The number of halogens is 1. The van der Waals surface area contributed by atoms with Crippen molar-refractivity contribution in [1.82, 2.24) is 10.2 Å². The molecule has 19 heavy (non-hydrogen) atoms. The van der Waals surface area contributed by atoms with Crippen LogP contribution >= 0.6 is 24.0 Å². The Morgan fingerprint density at radius 3 is 2.47 bits per heavy atom. The third kappa shape index (κ3) is 8.68. The zero-order valence-corrected chi connectivity index (χ0v) is 15.0. The average Bonchev–Trinajstić information content (AvgIpc) is 2.37. The van der Waals surface area contributed by atoms with Crippen molar-refractivity contribution in [3.05, 3.63) is 0 Å². The quantitative estimate of drug-likeness (QED) is 0.422. The lowest BCUT2D eigenvalue weighted by Crippen LogP contribution is -2.39. The van der Waals surface area contributed by atoms with Crippen LogP contribution in [-0.4, -0.2) is 43.1 Å². The third-order valence-corrected chi connectivity index (χ3v) is 3.60. The molecule has 3 N–H and O–H groups in total. The first kappa shape index (κ1) is 19.0. The van der Waals surface area contributed by atoms with Crippen LogP contribution in [0.25, 0.3) is 0 Å². The lowest BCUT2D eigenvalue weighted by atomic mass is 10.1. The van der Waals surface area contributed by atoms with Crippen molar-refractivity contribution in [2.75, 3.05) is 26.2 Å². The van der Waals surface area contributed by atoms with Gasteiger partial charge in [0.25, 0.3) is 0 Å². The fraction of sp³-hybridized carbons (Fsp3) is 0.929. The minimum absolute atomic E-state index is 0. The van der Waals surface area contributed by atoms with Gasteiger partial charge in [0.15, 0.2) is 5.96 Å². The van der Waals surface area contributed by atoms with Crippen molar-refractivity contribution >= 4 is 29.9 Å². The Hall–Kier alpha value is -0.0400. The molecule has 5 heteroatoms. The van der Waals surface area contributed by atoms with Gasteiger partial charge in [0, 0.05) is 19.1 Å². The fourth-order valence-electron chi connectivity index (χ4n) is 2.29. The van der Waals surface area contributed by atoms with Gasteiger partial charge in [-0.05, 0) is 45.2 Å². The van der Waals surface area contributed by atoms with E-state index in [4.69, 9.17) is 5.73 Å². The number of nitrogens with two attached hydrogens (primary N) is 1. The van der Waals surface area contributed by atoms with E-state index in [-0.39, 0.29) is 24.0 Å². The first-order valence-electron chi connectivity index (χ1n) is 7.40. The van der Waals surface area contributed by atoms with Crippen LogP contribution in [0.3, 0.4) is 0 Å². The second-order valence-electron chi connectivity index (χ2n) is 5.65. The average molecular weight is 382 g/mol. The maximum atomic E-state index is 5.86. The predicted molar refractivity (Wildman–Crippen MR) is 94.2 cm³/mol. The molecule has 1 heterocycles. The second-order valence-corrected chi connectivity index (χ2v) is 5.65. The highest BCUT2D eigenvalue weighted by Crippen LogP contribution is 2.10. The van der Waals surface area contributed by atoms with Gasteiger partial charge in [-0.1, -0.05) is 20.3 Å². The Balaban J connectivity index is 0.00000324. The molecule has 0 amide bonds. The molecule has 2 atom stereocenters. The maximum Gasteiger partial charge on any atom is 0.188 e. The van der Waals surface area contributed by atoms with E-state index in [0.29, 0.717) is 17.9 Å². The lowest BCUT2D eigenvalue weighted by molar-refractivity contribution is 0.203. The second kappa shape index (κ2) is 10.7. The molecule has 4 nitrogen and oxygen atoms in total. The van der Waals surface area contributed by atoms with E-state index in [1.54, 1.807) is 0 Å². The first-order chi connectivity index (χ1) is 8.61. The molecule has 1 rings (SSSR count). The molecular weight excluding hydrogens is 351 g/mol. The summed E-state index contributed by atoms with van der Waals surface area (Å²) < 4.78 is 0. The highest BCUT2D eigenvalue weighted by Gasteiger charge is 2.13. The minimum atomic E-state index is 0. The largest absolute Gasteiger partial charge is 0.370 e. The standard InChI is InChI=1S/C14H30N4.HI/c1-4-13(3)17-14(15)16-10-12(2)11-18-8-6-5-7-9-18;/h12-13H,4-11H2,1-3H3,(H3,15,16,17);1H. The Morgan fingerprint density at radius 2 is 1.89 bits per heavy atom. The summed E-state index contributed by atoms with van der Waals surface area (Å²) in [5, 5.41) is 3.20. The van der Waals surface area contributed by atoms with E-state index in [1.807, 2.05) is 0 Å². The molecule has 0 aliphatic carbocycles. The molecule has 1 aliphatic rings. The highest BCUT2D eigenvalue weighted by atomic mass is 127. The summed E-state index contributed by atoms with van der Waals surface area (Å²) >= 11 is 0. The molecule has 0 bridgehead atoms. The zero-order chi connectivity index (χ0) is 13.4. The molecule has 2 unspecified atom stereocenters. The number of nitrogens with one attached hydrogen (secondary N) is 1. The van der Waals surface area contributed by atoms with Gasteiger partial charge in [-0.3, -0.25) is 4.99 Å². The molecule has 0 saturated carbocycles. The van der Waals surface area contributed by atoms with Crippen molar-refractivity contribution in [1.29, 1.82) is 0 Å². The summed E-state index contributed by atoms with van der Waals surface area (Å²) in [4.78, 5) is 6.99. The Kier molecular flexibility index (Phi) is 10.7. The molecule has 0 spiro atoms. The van der Waals surface area contributed by atoms with Gasteiger partial charge in [-0.2, -0.15) is 0 Å². The van der Waals surface area contributed by atoms with E-state index in [9.17, 15) is 0 Å². The number of hydrogen-bond donors (Lipinski definition) is 2. The molecule has 1 aliphatic heterocycles. The Morgan fingerprint density at radius 1 is 1.26 bits per heavy atom. The molecule has 0 aromatic carbocycles. The zero-order valence-electron chi connectivity index (χ0n) is 12.7. The van der Waals surface area contributed by atoms with Crippen molar-refractivity contribution in [2.24, 2.45) is 16.6 Å². The normalized spacial score (nSPS) is 20.5. The SMILES string of the molecule is CCC(C)NC(N)=NCC(C)CN1CCCCC1.I. The van der Waals surface area contributed by atoms with Gasteiger partial charge in [0.2, 0.25) is 0 Å². The summed E-state index contributed by atoms with van der Waals surface area (Å²) in [6.45, 7) is 11.0. The van der Waals surface area contributed by atoms with Gasteiger partial charge < -0.3 is 16.0 Å². The van der Waals surface area contributed by atoms with Crippen LogP contribution in [0.4, 0.5) is 0 Å². The van der Waals surface area contributed by atoms with E-state index < -0.39 is 0 Å². The summed E-state index contributed by atoms with van der Waals surface area (Å²) in [6.07, 6.45) is 5.18. The van der Waals surface area contributed by atoms with Gasteiger partial charge in [0.05, 0.1) is 0 Å². The fourth-order valence-corrected chi connectivity index (χ4v) is 2.29. The number of guanidine groups is 1. The maximum absolute atomic E-state index is 5.86. The lowest BCUT2D eigenvalue weighted by Gasteiger charge is -2.28. The van der Waals surface area contributed by atoms with Crippen LogP contribution in [0.5, 0.6) is 0 Å².